The van der Waals surface area contributed by atoms with Gasteiger partial charge in [0.2, 0.25) is 11.8 Å². The molecule has 2 N–H and O–H groups in total. The van der Waals surface area contributed by atoms with Gasteiger partial charge < -0.3 is 20.1 Å². The number of carbonyl (C=O) groups excluding carboxylic acids is 2. The normalized spacial score (nSPS) is 10.9. The van der Waals surface area contributed by atoms with Crippen molar-refractivity contribution in [1.82, 2.24) is 0 Å². The van der Waals surface area contributed by atoms with Crippen LogP contribution in [0, 0.1) is 0 Å². The summed E-state index contributed by atoms with van der Waals surface area (Å²) in [7, 11) is 3.05. The lowest BCUT2D eigenvalue weighted by Crippen LogP contribution is -2.23. The Morgan fingerprint density at radius 3 is 2.15 bits per heavy atom. The predicted molar refractivity (Wildman–Crippen MR) is 107 cm³/mol. The molecule has 0 bridgehead atoms. The molecule has 2 rings (SSSR count). The van der Waals surface area contributed by atoms with Crippen molar-refractivity contribution in [1.29, 1.82) is 0 Å². The summed E-state index contributed by atoms with van der Waals surface area (Å²) in [6.07, 6.45) is -0.285. The van der Waals surface area contributed by atoms with E-state index in [-0.39, 0.29) is 17.7 Å². The summed E-state index contributed by atoms with van der Waals surface area (Å²) in [4.78, 5) is 24.5. The van der Waals surface area contributed by atoms with Crippen LogP contribution in [0.15, 0.2) is 42.5 Å². The maximum atomic E-state index is 12.3. The lowest BCUT2D eigenvalue weighted by molar-refractivity contribution is -0.123. The summed E-state index contributed by atoms with van der Waals surface area (Å²) in [5, 5.41) is 5.52. The number of methoxy groups -OCH3 is 2. The molecule has 0 aliphatic carbocycles. The first kappa shape index (κ1) is 20.3. The van der Waals surface area contributed by atoms with Crippen LogP contribution in [-0.2, 0) is 15.0 Å². The number of carbonyl (C=O) groups is 2. The third kappa shape index (κ3) is 5.48. The molecule has 0 unspecified atom stereocenters. The van der Waals surface area contributed by atoms with Gasteiger partial charge in [-0.05, 0) is 29.2 Å². The molecule has 6 nitrogen and oxygen atoms in total. The van der Waals surface area contributed by atoms with Crippen LogP contribution < -0.4 is 20.1 Å². The molecule has 0 saturated heterocycles. The molecule has 0 heterocycles. The Morgan fingerprint density at radius 1 is 0.889 bits per heavy atom. The van der Waals surface area contributed by atoms with E-state index in [1.165, 1.54) is 14.2 Å². The van der Waals surface area contributed by atoms with Gasteiger partial charge in [-0.25, -0.2) is 0 Å². The second-order valence-electron chi connectivity index (χ2n) is 7.14. The molecule has 2 amide bonds. The van der Waals surface area contributed by atoms with E-state index in [9.17, 15) is 9.59 Å². The Hall–Kier alpha value is -3.02. The number of benzene rings is 2. The third-order valence-corrected chi connectivity index (χ3v) is 4.00. The Morgan fingerprint density at radius 2 is 1.52 bits per heavy atom. The molecule has 6 heteroatoms. The van der Waals surface area contributed by atoms with E-state index < -0.39 is 5.91 Å². The predicted octanol–water partition coefficient (Wildman–Crippen LogP) is 3.97. The van der Waals surface area contributed by atoms with Gasteiger partial charge in [0.05, 0.1) is 14.2 Å². The van der Waals surface area contributed by atoms with E-state index >= 15 is 0 Å². The molecule has 0 saturated carbocycles. The van der Waals surface area contributed by atoms with Crippen LogP contribution in [0.2, 0.25) is 0 Å². The summed E-state index contributed by atoms with van der Waals surface area (Å²) in [6.45, 7) is 6.21. The van der Waals surface area contributed by atoms with Crippen molar-refractivity contribution in [3.05, 3.63) is 48.0 Å². The van der Waals surface area contributed by atoms with E-state index in [0.717, 1.165) is 5.56 Å². The van der Waals surface area contributed by atoms with Crippen LogP contribution in [0.4, 0.5) is 11.4 Å². The summed E-state index contributed by atoms with van der Waals surface area (Å²) in [6, 6.07) is 12.6. The zero-order valence-electron chi connectivity index (χ0n) is 16.4. The largest absolute Gasteiger partial charge is 0.493 e. The molecule has 27 heavy (non-hydrogen) atoms. The number of hydrogen-bond donors (Lipinski definition) is 2. The highest BCUT2D eigenvalue weighted by Crippen LogP contribution is 2.30. The monoisotopic (exact) mass is 370 g/mol. The Balaban J connectivity index is 2.02. The minimum atomic E-state index is -0.409. The maximum absolute atomic E-state index is 12.3. The fourth-order valence-electron chi connectivity index (χ4n) is 2.71. The van der Waals surface area contributed by atoms with Crippen LogP contribution in [0.5, 0.6) is 11.5 Å². The first-order valence-corrected chi connectivity index (χ1v) is 8.66. The standard InChI is InChI=1S/C21H26N2O4/c1-21(2,3)15-8-6-7-9-16(15)23-20(25)13-19(24)22-14-10-11-17(26-4)18(12-14)27-5/h6-12H,13H2,1-5H3,(H,22,24)(H,23,25). The Labute approximate surface area is 159 Å². The summed E-state index contributed by atoms with van der Waals surface area (Å²) in [5.74, 6) is 0.281. The second-order valence-corrected chi connectivity index (χ2v) is 7.14. The van der Waals surface area contributed by atoms with Crippen LogP contribution >= 0.6 is 0 Å². The highest BCUT2D eigenvalue weighted by molar-refractivity contribution is 6.08. The minimum Gasteiger partial charge on any atom is -0.493 e. The first-order chi connectivity index (χ1) is 12.7. The molecule has 0 aliphatic rings. The van der Waals surface area contributed by atoms with Gasteiger partial charge in [-0.15, -0.1) is 0 Å². The van der Waals surface area contributed by atoms with Crippen molar-refractivity contribution < 1.29 is 19.1 Å². The van der Waals surface area contributed by atoms with E-state index in [4.69, 9.17) is 9.47 Å². The van der Waals surface area contributed by atoms with Crippen molar-refractivity contribution in [2.24, 2.45) is 0 Å². The van der Waals surface area contributed by atoms with Crippen molar-refractivity contribution in [3.8, 4) is 11.5 Å². The lowest BCUT2D eigenvalue weighted by Gasteiger charge is -2.23. The Bertz CT molecular complexity index is 825. The van der Waals surface area contributed by atoms with E-state index in [2.05, 4.69) is 31.4 Å². The van der Waals surface area contributed by atoms with Crippen molar-refractivity contribution >= 4 is 23.2 Å². The molecule has 144 valence electrons. The number of anilines is 2. The maximum Gasteiger partial charge on any atom is 0.233 e. The van der Waals surface area contributed by atoms with E-state index in [1.54, 1.807) is 18.2 Å². The molecule has 0 radical (unpaired) electrons. The number of rotatable bonds is 6. The highest BCUT2D eigenvalue weighted by Gasteiger charge is 2.19. The fourth-order valence-corrected chi connectivity index (χ4v) is 2.71. The van der Waals surface area contributed by atoms with Gasteiger partial charge in [0.15, 0.2) is 11.5 Å². The molecule has 2 aromatic carbocycles. The first-order valence-electron chi connectivity index (χ1n) is 8.66. The van der Waals surface area contributed by atoms with Gasteiger partial charge in [-0.2, -0.15) is 0 Å². The molecule has 2 aromatic rings. The van der Waals surface area contributed by atoms with Crippen molar-refractivity contribution in [2.75, 3.05) is 24.9 Å². The van der Waals surface area contributed by atoms with Crippen molar-refractivity contribution in [2.45, 2.75) is 32.6 Å². The van der Waals surface area contributed by atoms with Crippen LogP contribution in [0.25, 0.3) is 0 Å². The minimum absolute atomic E-state index is 0.119. The van der Waals surface area contributed by atoms with Gasteiger partial charge in [0, 0.05) is 17.4 Å². The summed E-state index contributed by atoms with van der Waals surface area (Å²) in [5.41, 5.74) is 2.14. The molecule has 0 fully saturated rings. The van der Waals surface area contributed by atoms with Gasteiger partial charge in [0.1, 0.15) is 6.42 Å². The molecule has 0 atom stereocenters. The average molecular weight is 370 g/mol. The van der Waals surface area contributed by atoms with Gasteiger partial charge in [0.25, 0.3) is 0 Å². The third-order valence-electron chi connectivity index (χ3n) is 4.00. The smallest absolute Gasteiger partial charge is 0.233 e. The molecule has 0 spiro atoms. The van der Waals surface area contributed by atoms with Crippen LogP contribution in [-0.4, -0.2) is 26.0 Å². The van der Waals surface area contributed by atoms with E-state index in [0.29, 0.717) is 22.9 Å². The number of amides is 2. The zero-order chi connectivity index (χ0) is 20.0. The number of hydrogen-bond acceptors (Lipinski definition) is 4. The average Bonchev–Trinajstić information content (AvgIpc) is 2.60. The lowest BCUT2D eigenvalue weighted by atomic mass is 9.86. The SMILES string of the molecule is COc1ccc(NC(=O)CC(=O)Nc2ccccc2C(C)(C)C)cc1OC. The fraction of sp³-hybridized carbons (Fsp3) is 0.333. The molecular formula is C21H26N2O4. The number of para-hydroxylation sites is 1. The second kappa shape index (κ2) is 8.58. The van der Waals surface area contributed by atoms with Gasteiger partial charge in [-0.3, -0.25) is 9.59 Å². The Kier molecular flexibility index (Phi) is 6.45. The molecule has 0 aliphatic heterocycles. The number of nitrogens with one attached hydrogen (secondary N) is 2. The number of ether oxygens (including phenoxy) is 2. The zero-order valence-corrected chi connectivity index (χ0v) is 16.4. The summed E-state index contributed by atoms with van der Waals surface area (Å²) < 4.78 is 10.4. The topological polar surface area (TPSA) is 76.7 Å². The van der Waals surface area contributed by atoms with Gasteiger partial charge in [-0.1, -0.05) is 39.0 Å². The quantitative estimate of drug-likeness (QED) is 0.755. The summed E-state index contributed by atoms with van der Waals surface area (Å²) >= 11 is 0. The van der Waals surface area contributed by atoms with Crippen molar-refractivity contribution in [3.63, 3.8) is 0 Å². The highest BCUT2D eigenvalue weighted by atomic mass is 16.5. The van der Waals surface area contributed by atoms with E-state index in [1.807, 2.05) is 24.3 Å². The van der Waals surface area contributed by atoms with Gasteiger partial charge >= 0.3 is 0 Å². The molecule has 0 aromatic heterocycles. The van der Waals surface area contributed by atoms with Crippen LogP contribution in [0.3, 0.4) is 0 Å². The van der Waals surface area contributed by atoms with Crippen LogP contribution in [0.1, 0.15) is 32.8 Å². The molecular weight excluding hydrogens is 344 g/mol.